The summed E-state index contributed by atoms with van der Waals surface area (Å²) in [5, 5.41) is 5.63. The molecule has 3 amide bonds. The summed E-state index contributed by atoms with van der Waals surface area (Å²) in [7, 11) is 0. The van der Waals surface area contributed by atoms with Gasteiger partial charge >= 0.3 is 0 Å². The quantitative estimate of drug-likeness (QED) is 0.733. The molecule has 0 unspecified atom stereocenters. The van der Waals surface area contributed by atoms with Crippen LogP contribution in [0.2, 0.25) is 0 Å². The molecule has 0 radical (unpaired) electrons. The number of hydrogen-bond acceptors (Lipinski definition) is 4. The van der Waals surface area contributed by atoms with Crippen molar-refractivity contribution in [3.05, 3.63) is 71.3 Å². The lowest BCUT2D eigenvalue weighted by Crippen LogP contribution is -2.52. The van der Waals surface area contributed by atoms with Crippen molar-refractivity contribution in [2.45, 2.75) is 19.4 Å². The molecule has 1 saturated heterocycles. The van der Waals surface area contributed by atoms with Crippen LogP contribution >= 0.6 is 0 Å². The summed E-state index contributed by atoms with van der Waals surface area (Å²) in [6.45, 7) is 1.42. The predicted molar refractivity (Wildman–Crippen MR) is 113 cm³/mol. The van der Waals surface area contributed by atoms with Crippen LogP contribution in [0, 0.1) is 11.6 Å². The van der Waals surface area contributed by atoms with Gasteiger partial charge in [0, 0.05) is 44.6 Å². The summed E-state index contributed by atoms with van der Waals surface area (Å²) in [4.78, 5) is 40.9. The van der Waals surface area contributed by atoms with Crippen molar-refractivity contribution < 1.29 is 23.2 Å². The first-order valence-corrected chi connectivity index (χ1v) is 10.4. The highest BCUT2D eigenvalue weighted by atomic mass is 19.2. The average Bonchev–Trinajstić information content (AvgIpc) is 2.82. The summed E-state index contributed by atoms with van der Waals surface area (Å²) in [6, 6.07) is 12.5. The van der Waals surface area contributed by atoms with E-state index in [9.17, 15) is 23.2 Å². The Morgan fingerprint density at radius 3 is 2.16 bits per heavy atom. The van der Waals surface area contributed by atoms with E-state index in [4.69, 9.17) is 0 Å². The van der Waals surface area contributed by atoms with Gasteiger partial charge in [0.15, 0.2) is 11.6 Å². The van der Waals surface area contributed by atoms with E-state index in [2.05, 4.69) is 5.10 Å². The molecule has 0 N–H and O–H groups in total. The zero-order chi connectivity index (χ0) is 22.7. The van der Waals surface area contributed by atoms with Crippen LogP contribution in [0.3, 0.4) is 0 Å². The number of hydrogen-bond donors (Lipinski definition) is 0. The third-order valence-electron chi connectivity index (χ3n) is 5.55. The van der Waals surface area contributed by atoms with Gasteiger partial charge in [-0.2, -0.15) is 5.10 Å². The Morgan fingerprint density at radius 1 is 0.844 bits per heavy atom. The Labute approximate surface area is 183 Å². The van der Waals surface area contributed by atoms with Crippen molar-refractivity contribution in [1.82, 2.24) is 14.8 Å². The topological polar surface area (TPSA) is 73.3 Å². The summed E-state index contributed by atoms with van der Waals surface area (Å²) >= 11 is 0. The van der Waals surface area contributed by atoms with Crippen LogP contribution in [-0.4, -0.2) is 64.4 Å². The fourth-order valence-corrected chi connectivity index (χ4v) is 3.74. The van der Waals surface area contributed by atoms with Gasteiger partial charge in [-0.25, -0.2) is 13.8 Å². The highest BCUT2D eigenvalue weighted by molar-refractivity contribution is 6.39. The maximum Gasteiger partial charge on any atom is 0.270 e. The van der Waals surface area contributed by atoms with Gasteiger partial charge in [0.25, 0.3) is 11.8 Å². The number of nitrogens with zero attached hydrogens (tertiary/aromatic N) is 4. The lowest BCUT2D eigenvalue weighted by molar-refractivity contribution is -0.132. The number of halogens is 2. The molecule has 4 rings (SSSR count). The van der Waals surface area contributed by atoms with Gasteiger partial charge in [0.2, 0.25) is 5.91 Å². The molecule has 166 valence electrons. The summed E-state index contributed by atoms with van der Waals surface area (Å²) < 4.78 is 26.6. The molecule has 7 nitrogen and oxygen atoms in total. The minimum absolute atomic E-state index is 0.0652. The molecule has 2 heterocycles. The number of amides is 3. The molecule has 0 aromatic heterocycles. The van der Waals surface area contributed by atoms with Gasteiger partial charge < -0.3 is 9.80 Å². The van der Waals surface area contributed by atoms with Crippen LogP contribution in [0.1, 0.15) is 28.8 Å². The smallest absolute Gasteiger partial charge is 0.270 e. The lowest BCUT2D eigenvalue weighted by Gasteiger charge is -2.35. The van der Waals surface area contributed by atoms with Crippen LogP contribution in [0.5, 0.6) is 0 Å². The number of benzene rings is 2. The Morgan fingerprint density at radius 2 is 1.50 bits per heavy atom. The second-order valence-corrected chi connectivity index (χ2v) is 7.70. The Kier molecular flexibility index (Phi) is 6.25. The normalized spacial score (nSPS) is 16.8. The van der Waals surface area contributed by atoms with E-state index < -0.39 is 17.5 Å². The number of rotatable bonds is 4. The molecule has 32 heavy (non-hydrogen) atoms. The Balaban J connectivity index is 1.38. The van der Waals surface area contributed by atoms with Gasteiger partial charge in [-0.15, -0.1) is 0 Å². The van der Waals surface area contributed by atoms with Gasteiger partial charge in [-0.05, 0) is 23.8 Å². The minimum atomic E-state index is -1.07. The Hall–Kier alpha value is -3.62. The first-order valence-electron chi connectivity index (χ1n) is 10.4. The molecule has 2 aliphatic rings. The zero-order valence-electron chi connectivity index (χ0n) is 17.3. The van der Waals surface area contributed by atoms with E-state index in [0.29, 0.717) is 25.3 Å². The molecule has 0 atom stereocenters. The maximum absolute atomic E-state index is 13.4. The van der Waals surface area contributed by atoms with Gasteiger partial charge in [-0.1, -0.05) is 30.3 Å². The SMILES string of the molecule is O=C(C1=NN(Cc2ccccc2)C(=O)CC1)N1CCN(C(=O)c2ccc(F)c(F)c2)CC1. The predicted octanol–water partition coefficient (Wildman–Crippen LogP) is 2.43. The number of piperazine rings is 1. The number of hydrazone groups is 1. The lowest BCUT2D eigenvalue weighted by atomic mass is 10.1. The van der Waals surface area contributed by atoms with E-state index >= 15 is 0 Å². The third-order valence-corrected chi connectivity index (χ3v) is 5.55. The molecule has 0 aliphatic carbocycles. The second kappa shape index (κ2) is 9.25. The monoisotopic (exact) mass is 440 g/mol. The first-order chi connectivity index (χ1) is 15.4. The third kappa shape index (κ3) is 4.66. The van der Waals surface area contributed by atoms with Crippen molar-refractivity contribution in [2.75, 3.05) is 26.2 Å². The molecular formula is C23H22F2N4O3. The van der Waals surface area contributed by atoms with Crippen molar-refractivity contribution >= 4 is 23.4 Å². The van der Waals surface area contributed by atoms with Crippen LogP contribution < -0.4 is 0 Å². The van der Waals surface area contributed by atoms with Crippen molar-refractivity contribution in [3.63, 3.8) is 0 Å². The zero-order valence-corrected chi connectivity index (χ0v) is 17.3. The molecule has 2 aromatic carbocycles. The fourth-order valence-electron chi connectivity index (χ4n) is 3.74. The highest BCUT2D eigenvalue weighted by Gasteiger charge is 2.31. The molecule has 9 heteroatoms. The van der Waals surface area contributed by atoms with E-state index in [1.165, 1.54) is 16.0 Å². The minimum Gasteiger partial charge on any atom is -0.335 e. The summed E-state index contributed by atoms with van der Waals surface area (Å²) in [5.74, 6) is -2.88. The van der Waals surface area contributed by atoms with E-state index in [-0.39, 0.29) is 43.3 Å². The molecule has 2 aromatic rings. The van der Waals surface area contributed by atoms with Crippen LogP contribution in [0.4, 0.5) is 8.78 Å². The second-order valence-electron chi connectivity index (χ2n) is 7.70. The molecule has 0 bridgehead atoms. The first kappa shape index (κ1) is 21.6. The van der Waals surface area contributed by atoms with Crippen molar-refractivity contribution in [3.8, 4) is 0 Å². The van der Waals surface area contributed by atoms with E-state index in [0.717, 1.165) is 17.7 Å². The Bertz CT molecular complexity index is 1070. The van der Waals surface area contributed by atoms with E-state index in [1.807, 2.05) is 30.3 Å². The molecule has 0 saturated carbocycles. The largest absolute Gasteiger partial charge is 0.335 e. The van der Waals surface area contributed by atoms with Crippen molar-refractivity contribution in [1.29, 1.82) is 0 Å². The van der Waals surface area contributed by atoms with Gasteiger partial charge in [-0.3, -0.25) is 14.4 Å². The molecule has 1 fully saturated rings. The maximum atomic E-state index is 13.4. The van der Waals surface area contributed by atoms with Gasteiger partial charge in [0.05, 0.1) is 6.54 Å². The standard InChI is InChI=1S/C23H22F2N4O3/c24-18-7-6-17(14-19(18)25)22(31)27-10-12-28(13-11-27)23(32)20-8-9-21(30)29(26-20)15-16-4-2-1-3-5-16/h1-7,14H,8-13,15H2. The van der Waals surface area contributed by atoms with Gasteiger partial charge in [0.1, 0.15) is 5.71 Å². The van der Waals surface area contributed by atoms with Crippen LogP contribution in [0.25, 0.3) is 0 Å². The number of carbonyl (C=O) groups excluding carboxylic acids is 3. The van der Waals surface area contributed by atoms with Crippen LogP contribution in [-0.2, 0) is 16.1 Å². The van der Waals surface area contributed by atoms with Crippen molar-refractivity contribution in [2.24, 2.45) is 5.10 Å². The molecular weight excluding hydrogens is 418 g/mol. The summed E-state index contributed by atoms with van der Waals surface area (Å²) in [5.41, 5.74) is 1.30. The summed E-state index contributed by atoms with van der Waals surface area (Å²) in [6.07, 6.45) is 0.489. The van der Waals surface area contributed by atoms with E-state index in [1.54, 1.807) is 4.90 Å². The molecule has 2 aliphatic heterocycles. The number of carbonyl (C=O) groups is 3. The molecule has 0 spiro atoms. The fraction of sp³-hybridized carbons (Fsp3) is 0.304. The van der Waals surface area contributed by atoms with Crippen LogP contribution in [0.15, 0.2) is 53.6 Å². The highest BCUT2D eigenvalue weighted by Crippen LogP contribution is 2.17. The average molecular weight is 440 g/mol.